The highest BCUT2D eigenvalue weighted by atomic mass is 16.4. The third kappa shape index (κ3) is 3.97. The summed E-state index contributed by atoms with van der Waals surface area (Å²) in [5, 5.41) is 15.1. The van der Waals surface area contributed by atoms with Gasteiger partial charge in [0.25, 0.3) is 5.91 Å². The van der Waals surface area contributed by atoms with Crippen molar-refractivity contribution in [1.82, 2.24) is 5.32 Å². The Bertz CT molecular complexity index is 528. The average molecular weight is 290 g/mol. The Labute approximate surface area is 124 Å². The van der Waals surface area contributed by atoms with Gasteiger partial charge in [0.2, 0.25) is 0 Å². The van der Waals surface area contributed by atoms with Crippen molar-refractivity contribution in [2.24, 2.45) is 0 Å². The van der Waals surface area contributed by atoms with Crippen molar-refractivity contribution in [3.8, 4) is 0 Å². The van der Waals surface area contributed by atoms with E-state index in [9.17, 15) is 9.59 Å². The minimum absolute atomic E-state index is 0.313. The fourth-order valence-corrected chi connectivity index (χ4v) is 2.52. The van der Waals surface area contributed by atoms with Crippen LogP contribution < -0.4 is 10.6 Å². The number of rotatable bonds is 6. The first-order chi connectivity index (χ1) is 10.1. The lowest BCUT2D eigenvalue weighted by Gasteiger charge is -2.19. The van der Waals surface area contributed by atoms with Gasteiger partial charge in [0.1, 0.15) is 6.04 Å². The highest BCUT2D eigenvalue weighted by Gasteiger charge is 2.20. The van der Waals surface area contributed by atoms with E-state index in [0.29, 0.717) is 12.0 Å². The topological polar surface area (TPSA) is 78.4 Å². The predicted octanol–water partition coefficient (Wildman–Crippen LogP) is 2.42. The molecular formula is C16H22N2O3. The van der Waals surface area contributed by atoms with E-state index in [2.05, 4.69) is 10.6 Å². The first kappa shape index (κ1) is 15.4. The van der Waals surface area contributed by atoms with E-state index in [-0.39, 0.29) is 5.91 Å². The molecule has 1 atom stereocenters. The van der Waals surface area contributed by atoms with Crippen LogP contribution in [0.3, 0.4) is 0 Å². The van der Waals surface area contributed by atoms with Crippen LogP contribution in [-0.2, 0) is 11.2 Å². The molecule has 0 saturated heterocycles. The van der Waals surface area contributed by atoms with Crippen molar-refractivity contribution < 1.29 is 14.7 Å². The second-order valence-electron chi connectivity index (χ2n) is 5.41. The molecule has 0 unspecified atom stereocenters. The maximum Gasteiger partial charge on any atom is 0.326 e. The molecule has 1 aromatic carbocycles. The van der Waals surface area contributed by atoms with Crippen molar-refractivity contribution in [3.63, 3.8) is 0 Å². The maximum absolute atomic E-state index is 12.2. The first-order valence-electron chi connectivity index (χ1n) is 7.52. The second-order valence-corrected chi connectivity index (χ2v) is 5.41. The SMILES string of the molecule is CCCC[C@H](NC(=O)c1ccc2c(c1)CCCN2)C(=O)O. The summed E-state index contributed by atoms with van der Waals surface area (Å²) >= 11 is 0. The minimum atomic E-state index is -0.976. The zero-order chi connectivity index (χ0) is 15.2. The third-order valence-corrected chi connectivity index (χ3v) is 3.76. The van der Waals surface area contributed by atoms with Gasteiger partial charge in [-0.3, -0.25) is 4.79 Å². The Morgan fingerprint density at radius 1 is 1.43 bits per heavy atom. The standard InChI is InChI=1S/C16H22N2O3/c1-2-3-6-14(16(20)21)18-15(19)12-7-8-13-11(10-12)5-4-9-17-13/h7-8,10,14,17H,2-6,9H2,1H3,(H,18,19)(H,20,21)/t14-/m0/s1. The molecule has 2 rings (SSSR count). The zero-order valence-electron chi connectivity index (χ0n) is 12.3. The molecule has 1 amide bonds. The fourth-order valence-electron chi connectivity index (χ4n) is 2.52. The van der Waals surface area contributed by atoms with E-state index in [4.69, 9.17) is 5.11 Å². The highest BCUT2D eigenvalue weighted by molar-refractivity contribution is 5.97. The number of carboxylic acid groups (broad SMARTS) is 1. The summed E-state index contributed by atoms with van der Waals surface area (Å²) in [7, 11) is 0. The van der Waals surface area contributed by atoms with Gasteiger partial charge in [-0.2, -0.15) is 0 Å². The van der Waals surface area contributed by atoms with E-state index in [0.717, 1.165) is 43.5 Å². The van der Waals surface area contributed by atoms with E-state index in [1.54, 1.807) is 6.07 Å². The van der Waals surface area contributed by atoms with Crippen LogP contribution in [0.15, 0.2) is 18.2 Å². The normalized spacial score (nSPS) is 14.7. The van der Waals surface area contributed by atoms with Gasteiger partial charge in [0, 0.05) is 17.8 Å². The van der Waals surface area contributed by atoms with E-state index in [1.807, 2.05) is 19.1 Å². The summed E-state index contributed by atoms with van der Waals surface area (Å²) in [6.07, 6.45) is 4.15. The maximum atomic E-state index is 12.2. The zero-order valence-corrected chi connectivity index (χ0v) is 12.3. The van der Waals surface area contributed by atoms with Crippen LogP contribution in [0.5, 0.6) is 0 Å². The summed E-state index contributed by atoms with van der Waals surface area (Å²) < 4.78 is 0. The summed E-state index contributed by atoms with van der Waals surface area (Å²) in [6, 6.07) is 4.68. The molecule has 0 aliphatic carbocycles. The summed E-state index contributed by atoms with van der Waals surface area (Å²) in [6.45, 7) is 2.95. The Balaban J connectivity index is 2.06. The number of carbonyl (C=O) groups is 2. The molecule has 0 spiro atoms. The number of aliphatic carboxylic acids is 1. The van der Waals surface area contributed by atoms with Gasteiger partial charge in [-0.1, -0.05) is 19.8 Å². The summed E-state index contributed by atoms with van der Waals surface area (Å²) in [4.78, 5) is 23.4. The number of carbonyl (C=O) groups excluding carboxylic acids is 1. The predicted molar refractivity (Wildman–Crippen MR) is 81.7 cm³/mol. The quantitative estimate of drug-likeness (QED) is 0.752. The van der Waals surface area contributed by atoms with Crippen molar-refractivity contribution in [3.05, 3.63) is 29.3 Å². The highest BCUT2D eigenvalue weighted by Crippen LogP contribution is 2.23. The van der Waals surface area contributed by atoms with Crippen LogP contribution in [0.1, 0.15) is 48.5 Å². The molecule has 0 aromatic heterocycles. The van der Waals surface area contributed by atoms with Crippen LogP contribution in [0.4, 0.5) is 5.69 Å². The number of fused-ring (bicyclic) bond motifs is 1. The molecule has 0 saturated carbocycles. The number of hydrogen-bond donors (Lipinski definition) is 3. The number of carboxylic acids is 1. The van der Waals surface area contributed by atoms with Gasteiger partial charge in [0.05, 0.1) is 0 Å². The van der Waals surface area contributed by atoms with Crippen LogP contribution >= 0.6 is 0 Å². The Kier molecular flexibility index (Phi) is 5.20. The van der Waals surface area contributed by atoms with Gasteiger partial charge in [-0.05, 0) is 43.0 Å². The van der Waals surface area contributed by atoms with Gasteiger partial charge in [-0.25, -0.2) is 4.79 Å². The molecule has 21 heavy (non-hydrogen) atoms. The van der Waals surface area contributed by atoms with Crippen molar-refractivity contribution in [2.45, 2.75) is 45.1 Å². The van der Waals surface area contributed by atoms with E-state index >= 15 is 0 Å². The van der Waals surface area contributed by atoms with E-state index < -0.39 is 12.0 Å². The van der Waals surface area contributed by atoms with Crippen molar-refractivity contribution in [1.29, 1.82) is 0 Å². The smallest absolute Gasteiger partial charge is 0.326 e. The molecule has 1 heterocycles. The lowest BCUT2D eigenvalue weighted by Crippen LogP contribution is -2.40. The summed E-state index contributed by atoms with van der Waals surface area (Å²) in [5.41, 5.74) is 2.72. The molecule has 114 valence electrons. The number of aryl methyl sites for hydroxylation is 1. The van der Waals surface area contributed by atoms with Crippen LogP contribution in [0.2, 0.25) is 0 Å². The minimum Gasteiger partial charge on any atom is -0.480 e. The van der Waals surface area contributed by atoms with Crippen molar-refractivity contribution in [2.75, 3.05) is 11.9 Å². The van der Waals surface area contributed by atoms with Crippen LogP contribution in [-0.4, -0.2) is 29.6 Å². The average Bonchev–Trinajstić information content (AvgIpc) is 2.50. The molecule has 0 bridgehead atoms. The number of nitrogens with one attached hydrogen (secondary N) is 2. The molecule has 5 nitrogen and oxygen atoms in total. The molecule has 5 heteroatoms. The van der Waals surface area contributed by atoms with Crippen LogP contribution in [0, 0.1) is 0 Å². The van der Waals surface area contributed by atoms with Gasteiger partial charge in [0.15, 0.2) is 0 Å². The molecule has 0 fully saturated rings. The number of hydrogen-bond acceptors (Lipinski definition) is 3. The monoisotopic (exact) mass is 290 g/mol. The van der Waals surface area contributed by atoms with Crippen molar-refractivity contribution >= 4 is 17.6 Å². The Morgan fingerprint density at radius 2 is 2.24 bits per heavy atom. The van der Waals surface area contributed by atoms with Gasteiger partial charge >= 0.3 is 5.97 Å². The first-order valence-corrected chi connectivity index (χ1v) is 7.52. The largest absolute Gasteiger partial charge is 0.480 e. The lowest BCUT2D eigenvalue weighted by molar-refractivity contribution is -0.139. The molecule has 3 N–H and O–H groups in total. The number of amides is 1. The fraction of sp³-hybridized carbons (Fsp3) is 0.500. The molecule has 1 aromatic rings. The molecule has 0 radical (unpaired) electrons. The number of benzene rings is 1. The molecule has 1 aliphatic rings. The lowest BCUT2D eigenvalue weighted by atomic mass is 10.00. The van der Waals surface area contributed by atoms with E-state index in [1.165, 1.54) is 0 Å². The Hall–Kier alpha value is -2.04. The Morgan fingerprint density at radius 3 is 2.95 bits per heavy atom. The van der Waals surface area contributed by atoms with Gasteiger partial charge < -0.3 is 15.7 Å². The molecule has 1 aliphatic heterocycles. The van der Waals surface area contributed by atoms with Crippen LogP contribution in [0.25, 0.3) is 0 Å². The third-order valence-electron chi connectivity index (χ3n) is 3.76. The molecular weight excluding hydrogens is 268 g/mol. The number of unbranched alkanes of at least 4 members (excludes halogenated alkanes) is 1. The van der Waals surface area contributed by atoms with Gasteiger partial charge in [-0.15, -0.1) is 0 Å². The number of anilines is 1. The second kappa shape index (κ2) is 7.11. The summed E-state index contributed by atoms with van der Waals surface area (Å²) in [5.74, 6) is -1.29.